The van der Waals surface area contributed by atoms with Gasteiger partial charge < -0.3 is 12.6 Å². The summed E-state index contributed by atoms with van der Waals surface area (Å²) in [5.74, 6) is 2.49. The van der Waals surface area contributed by atoms with Gasteiger partial charge >= 0.3 is 51.4 Å². The Bertz CT molecular complexity index is 134. The Morgan fingerprint density at radius 1 is 1.58 bits per heavy atom. The van der Waals surface area contributed by atoms with Gasteiger partial charge in [-0.25, -0.2) is 0 Å². The van der Waals surface area contributed by atoms with Crippen LogP contribution in [-0.4, -0.2) is 5.75 Å². The van der Waals surface area contributed by atoms with Gasteiger partial charge in [-0.2, -0.15) is 5.75 Å². The van der Waals surface area contributed by atoms with Gasteiger partial charge in [-0.3, -0.25) is 0 Å². The zero-order chi connectivity index (χ0) is 8.10. The molecule has 0 fully saturated rings. The van der Waals surface area contributed by atoms with Crippen molar-refractivity contribution in [2.24, 2.45) is 11.8 Å². The molecule has 0 aromatic heterocycles. The molecule has 64 valence electrons. The summed E-state index contributed by atoms with van der Waals surface area (Å²) in [7, 11) is 0. The van der Waals surface area contributed by atoms with E-state index in [0.29, 0.717) is 0 Å². The van der Waals surface area contributed by atoms with Crippen LogP contribution in [0.15, 0.2) is 12.2 Å². The molecular weight excluding hydrogens is 191 g/mol. The predicted octanol–water partition coefficient (Wildman–Crippen LogP) is -0.0802. The molecule has 0 radical (unpaired) electrons. The van der Waals surface area contributed by atoms with Crippen LogP contribution in [0.1, 0.15) is 32.6 Å². The molecule has 0 aromatic carbocycles. The van der Waals surface area contributed by atoms with Crippen molar-refractivity contribution in [1.82, 2.24) is 0 Å². The topological polar surface area (TPSA) is 0 Å². The normalized spacial score (nSPS) is 24.7. The summed E-state index contributed by atoms with van der Waals surface area (Å²) in [6, 6.07) is 0. The van der Waals surface area contributed by atoms with Crippen LogP contribution in [0.3, 0.4) is 0 Å². The second-order valence-electron chi connectivity index (χ2n) is 3.63. The van der Waals surface area contributed by atoms with E-state index in [9.17, 15) is 0 Å². The van der Waals surface area contributed by atoms with Gasteiger partial charge in [-0.1, -0.05) is 25.0 Å². The monoisotopic (exact) mass is 208 g/mol. The zero-order valence-electron chi connectivity index (χ0n) is 8.25. The van der Waals surface area contributed by atoms with Crippen LogP contribution < -0.4 is 51.4 Å². The molecular formula is C10H17KS. The molecule has 0 saturated carbocycles. The van der Waals surface area contributed by atoms with E-state index in [-0.39, 0.29) is 51.4 Å². The predicted molar refractivity (Wildman–Crippen MR) is 52.5 cm³/mol. The third-order valence-corrected chi connectivity index (χ3v) is 2.91. The molecule has 1 rings (SSSR count). The Morgan fingerprint density at radius 3 is 2.83 bits per heavy atom. The number of hydrogen-bond donors (Lipinski definition) is 0. The third-order valence-electron chi connectivity index (χ3n) is 2.34. The van der Waals surface area contributed by atoms with Crippen molar-refractivity contribution < 1.29 is 51.4 Å². The molecule has 2 heteroatoms. The Balaban J connectivity index is 0.00000121. The Morgan fingerprint density at radius 2 is 2.33 bits per heavy atom. The van der Waals surface area contributed by atoms with Crippen molar-refractivity contribution in [3.63, 3.8) is 0 Å². The zero-order valence-corrected chi connectivity index (χ0v) is 12.2. The van der Waals surface area contributed by atoms with E-state index in [0.717, 1.165) is 17.6 Å². The fourth-order valence-corrected chi connectivity index (χ4v) is 1.80. The molecule has 0 spiro atoms. The van der Waals surface area contributed by atoms with Crippen LogP contribution in [-0.2, 0) is 12.6 Å². The fraction of sp³-hybridized carbons (Fsp3) is 0.800. The van der Waals surface area contributed by atoms with Crippen molar-refractivity contribution >= 4 is 12.6 Å². The average molecular weight is 208 g/mol. The summed E-state index contributed by atoms with van der Waals surface area (Å²) in [5.41, 5.74) is 0. The fourth-order valence-electron chi connectivity index (χ4n) is 1.66. The smallest absolute Gasteiger partial charge is 0.792 e. The summed E-state index contributed by atoms with van der Waals surface area (Å²) < 4.78 is 0. The summed E-state index contributed by atoms with van der Waals surface area (Å²) in [6.07, 6.45) is 10.1. The van der Waals surface area contributed by atoms with Gasteiger partial charge in [0.15, 0.2) is 0 Å². The number of hydrogen-bond acceptors (Lipinski definition) is 1. The van der Waals surface area contributed by atoms with Crippen LogP contribution in [0.4, 0.5) is 0 Å². The SMILES string of the molecule is CC(C[S-])CC1C=CCCC1.[K+]. The maximum absolute atomic E-state index is 5.02. The number of allylic oxidation sites excluding steroid dienone is 2. The van der Waals surface area contributed by atoms with E-state index in [4.69, 9.17) is 12.6 Å². The first-order valence-electron chi connectivity index (χ1n) is 4.57. The first-order chi connectivity index (χ1) is 5.33. The van der Waals surface area contributed by atoms with Crippen LogP contribution >= 0.6 is 0 Å². The minimum Gasteiger partial charge on any atom is -0.792 e. The molecule has 12 heavy (non-hydrogen) atoms. The van der Waals surface area contributed by atoms with Gasteiger partial charge in [-0.05, 0) is 31.6 Å². The van der Waals surface area contributed by atoms with E-state index in [2.05, 4.69) is 19.1 Å². The van der Waals surface area contributed by atoms with E-state index >= 15 is 0 Å². The van der Waals surface area contributed by atoms with Gasteiger partial charge in [0.25, 0.3) is 0 Å². The second kappa shape index (κ2) is 8.07. The largest absolute Gasteiger partial charge is 1.00 e. The maximum atomic E-state index is 5.02. The minimum absolute atomic E-state index is 0. The molecule has 1 aliphatic carbocycles. The molecule has 0 saturated heterocycles. The van der Waals surface area contributed by atoms with Crippen molar-refractivity contribution in [3.05, 3.63) is 12.2 Å². The first-order valence-corrected chi connectivity index (χ1v) is 5.15. The van der Waals surface area contributed by atoms with Crippen LogP contribution in [0.2, 0.25) is 0 Å². The second-order valence-corrected chi connectivity index (χ2v) is 3.96. The summed E-state index contributed by atoms with van der Waals surface area (Å²) >= 11 is 5.02. The van der Waals surface area contributed by atoms with E-state index in [1.165, 1.54) is 25.7 Å². The maximum Gasteiger partial charge on any atom is 1.00 e. The third kappa shape index (κ3) is 5.46. The molecule has 0 amide bonds. The summed E-state index contributed by atoms with van der Waals surface area (Å²) in [6.45, 7) is 2.26. The Hall–Kier alpha value is 1.73. The summed E-state index contributed by atoms with van der Waals surface area (Å²) in [4.78, 5) is 0. The molecule has 0 aromatic rings. The van der Waals surface area contributed by atoms with Crippen LogP contribution in [0, 0.1) is 11.8 Å². The van der Waals surface area contributed by atoms with Gasteiger partial charge in [0.2, 0.25) is 0 Å². The standard InChI is InChI=1S/C10H18S.K/c1-9(8-11)7-10-5-3-2-4-6-10;/h3,5,9-11H,2,4,6-8H2,1H3;/q;+1/p-1. The van der Waals surface area contributed by atoms with Crippen molar-refractivity contribution in [1.29, 1.82) is 0 Å². The van der Waals surface area contributed by atoms with Gasteiger partial charge in [0.1, 0.15) is 0 Å². The van der Waals surface area contributed by atoms with Crippen LogP contribution in [0.5, 0.6) is 0 Å². The van der Waals surface area contributed by atoms with Crippen molar-refractivity contribution in [3.8, 4) is 0 Å². The number of rotatable bonds is 3. The average Bonchev–Trinajstić information content (AvgIpc) is 2.06. The van der Waals surface area contributed by atoms with Crippen molar-refractivity contribution in [2.75, 3.05) is 5.75 Å². The first kappa shape index (κ1) is 13.7. The molecule has 2 unspecified atom stereocenters. The van der Waals surface area contributed by atoms with Crippen LogP contribution in [0.25, 0.3) is 0 Å². The van der Waals surface area contributed by atoms with E-state index < -0.39 is 0 Å². The van der Waals surface area contributed by atoms with E-state index in [1.54, 1.807) is 0 Å². The van der Waals surface area contributed by atoms with Crippen molar-refractivity contribution in [2.45, 2.75) is 32.6 Å². The molecule has 0 aliphatic heterocycles. The molecule has 0 heterocycles. The Labute approximate surface area is 124 Å². The quantitative estimate of drug-likeness (QED) is 0.355. The van der Waals surface area contributed by atoms with Gasteiger partial charge in [-0.15, -0.1) is 0 Å². The molecule has 0 bridgehead atoms. The van der Waals surface area contributed by atoms with Gasteiger partial charge in [0.05, 0.1) is 0 Å². The summed E-state index contributed by atoms with van der Waals surface area (Å²) in [5, 5.41) is 0. The molecule has 0 N–H and O–H groups in total. The molecule has 1 aliphatic rings. The minimum atomic E-state index is 0. The molecule has 2 atom stereocenters. The van der Waals surface area contributed by atoms with Gasteiger partial charge in [0, 0.05) is 0 Å². The Kier molecular flexibility index (Phi) is 9.23. The molecule has 0 nitrogen and oxygen atoms in total. The van der Waals surface area contributed by atoms with E-state index in [1.807, 2.05) is 0 Å².